The molecular formula is C60H69F3N30O27P6S6. The van der Waals surface area contributed by atoms with Crippen molar-refractivity contribution in [2.24, 2.45) is 0 Å². The number of nitrogens with two attached hydrogens (primary N) is 6. The van der Waals surface area contributed by atoms with Gasteiger partial charge >= 0.3 is 40.4 Å². The van der Waals surface area contributed by atoms with Gasteiger partial charge in [-0.3, -0.25) is 79.4 Å². The number of alkyl halides is 3. The Morgan fingerprint density at radius 3 is 0.902 bits per heavy atom. The summed E-state index contributed by atoms with van der Waals surface area (Å²) < 4.78 is 173. The molecule has 6 bridgehead atoms. The monoisotopic (exact) mass is 2080 g/mol. The standard InChI is InChI=1S/3C20H23FN10O9P2S2/c3*21-10-13-9(38-19(10)30-5-26-11-14(22)24-4-25-15(11)30)3-36-41(33,43)39-8-1-7(2-35-42(34,44)40-13)37-18(8)31-6-27-12-16(31)28-20(23)29-17(12)32/h3*4-10,13,18-19H,1-3H2,(H,33,43)(H,34,44)(H2,22,24,25)(H3,23,28,29,32)/t3*7-,8?,9+,10?,13-,18+,19+,41?,42?/m000/s1. The van der Waals surface area contributed by atoms with E-state index in [4.69, 9.17) is 176 Å². The van der Waals surface area contributed by atoms with E-state index in [-0.39, 0.29) is 141 Å². The minimum absolute atomic E-state index is 0.0193. The van der Waals surface area contributed by atoms with Crippen LogP contribution in [0.4, 0.5) is 48.5 Å². The molecule has 12 aromatic rings. The summed E-state index contributed by atoms with van der Waals surface area (Å²) in [6.07, 6.45) is -15.6. The Morgan fingerprint density at radius 1 is 0.341 bits per heavy atom. The van der Waals surface area contributed by atoms with E-state index in [0.29, 0.717) is 0 Å². The first-order chi connectivity index (χ1) is 62.7. The molecule has 21 rings (SSSR count). The summed E-state index contributed by atoms with van der Waals surface area (Å²) in [6, 6.07) is 0. The molecule has 0 spiro atoms. The predicted molar refractivity (Wildman–Crippen MR) is 463 cm³/mol. The third kappa shape index (κ3) is 18.7. The maximum atomic E-state index is 16.0. The molecule has 0 radical (unpaired) electrons. The van der Waals surface area contributed by atoms with Gasteiger partial charge in [0.2, 0.25) is 17.8 Å². The molecule has 21 heterocycles. The van der Waals surface area contributed by atoms with Crippen molar-refractivity contribution in [3.63, 3.8) is 0 Å². The number of nitrogens with zero attached hydrogens (tertiary/aromatic N) is 21. The first kappa shape index (κ1) is 93.2. The van der Waals surface area contributed by atoms with Gasteiger partial charge < -0.3 is 119 Å². The lowest BCUT2D eigenvalue weighted by atomic mass is 10.1. The topological polar surface area (TPSA) is 762 Å². The fraction of sp³-hybridized carbons (Fsp3) is 0.500. The second kappa shape index (κ2) is 36.0. The molecule has 9 saturated heterocycles. The Morgan fingerprint density at radius 2 is 0.598 bits per heavy atom. The smallest absolute Gasteiger partial charge is 0.382 e. The number of ether oxygens (including phenoxy) is 6. The third-order valence-electron chi connectivity index (χ3n) is 21.4. The van der Waals surface area contributed by atoms with Crippen molar-refractivity contribution in [1.82, 2.24) is 117 Å². The van der Waals surface area contributed by atoms with E-state index in [1.54, 1.807) is 0 Å². The van der Waals surface area contributed by atoms with Crippen molar-refractivity contribution in [3.8, 4) is 0 Å². The number of aromatic amines is 3. The zero-order chi connectivity index (χ0) is 92.9. The molecule has 0 aliphatic carbocycles. The highest BCUT2D eigenvalue weighted by atomic mass is 32.7. The first-order valence-corrected chi connectivity index (χ1v) is 54.1. The molecule has 0 saturated carbocycles. The summed E-state index contributed by atoms with van der Waals surface area (Å²) in [6.45, 7) is -27.3. The van der Waals surface area contributed by atoms with Crippen molar-refractivity contribution in [2.45, 2.75) is 148 Å². The Bertz CT molecular complexity index is 6380. The molecule has 132 heavy (non-hydrogen) atoms. The number of anilines is 6. The van der Waals surface area contributed by atoms with Crippen LogP contribution in [0.3, 0.4) is 0 Å². The number of thiol groups is 1. The number of halogens is 3. The zero-order valence-corrected chi connectivity index (χ0v) is 76.4. The van der Waals surface area contributed by atoms with Crippen LogP contribution in [0.25, 0.3) is 67.0 Å². The Labute approximate surface area is 761 Å². The van der Waals surface area contributed by atoms with Gasteiger partial charge in [-0.1, -0.05) is 12.2 Å². The van der Waals surface area contributed by atoms with Crippen LogP contribution in [-0.2, 0) is 146 Å². The normalized spacial score (nSPS) is 36.6. The summed E-state index contributed by atoms with van der Waals surface area (Å²) in [7, 11) is 0. The van der Waals surface area contributed by atoms with Crippen molar-refractivity contribution in [1.29, 1.82) is 0 Å². The summed E-state index contributed by atoms with van der Waals surface area (Å²) >= 11 is 30.3. The molecule has 9 aliphatic heterocycles. The van der Waals surface area contributed by atoms with Gasteiger partial charge in [0.05, 0.1) is 95.9 Å². The Hall–Kier alpha value is -7.80. The van der Waals surface area contributed by atoms with Crippen molar-refractivity contribution >= 4 is 214 Å². The van der Waals surface area contributed by atoms with Crippen LogP contribution in [-0.4, -0.2) is 273 Å². The molecule has 9 fully saturated rings. The van der Waals surface area contributed by atoms with Gasteiger partial charge in [0.25, 0.3) is 16.7 Å². The predicted octanol–water partition coefficient (Wildman–Crippen LogP) is 0.514. The fourth-order valence-electron chi connectivity index (χ4n) is 15.8. The lowest BCUT2D eigenvalue weighted by Crippen LogP contribution is -2.34. The summed E-state index contributed by atoms with van der Waals surface area (Å²) in [5, 5.41) is 0. The highest BCUT2D eigenvalue weighted by Gasteiger charge is 2.56. The maximum absolute atomic E-state index is 16.0. The van der Waals surface area contributed by atoms with E-state index in [0.717, 1.165) is 0 Å². The van der Waals surface area contributed by atoms with E-state index in [9.17, 15) is 43.4 Å². The summed E-state index contributed by atoms with van der Waals surface area (Å²) in [5.41, 5.74) is 34.3. The van der Waals surface area contributed by atoms with Crippen molar-refractivity contribution < 1.29 is 125 Å². The van der Waals surface area contributed by atoms with Crippen LogP contribution in [0.1, 0.15) is 56.6 Å². The molecule has 708 valence electrons. The average molecular weight is 2080 g/mol. The number of rotatable bonds is 6. The fourth-order valence-corrected chi connectivity index (χ4v) is 24.5. The number of hydrogen-bond donors (Lipinski definition) is 15. The second-order valence-corrected chi connectivity index (χ2v) is 46.8. The molecule has 20 N–H and O–H groups in total. The highest BCUT2D eigenvalue weighted by molar-refractivity contribution is 8.44. The van der Waals surface area contributed by atoms with Gasteiger partial charge in [0, 0.05) is 19.3 Å². The largest absolute Gasteiger partial charge is 0.386 e. The van der Waals surface area contributed by atoms with Crippen molar-refractivity contribution in [3.05, 3.63) is 88.0 Å². The molecule has 12 unspecified atom stereocenters. The third-order valence-corrected chi connectivity index (χ3v) is 30.9. The van der Waals surface area contributed by atoms with Gasteiger partial charge in [0.15, 0.2) is 124 Å². The van der Waals surface area contributed by atoms with Gasteiger partial charge in [-0.15, -0.1) is 0 Å². The number of nitrogens with one attached hydrogen (secondary N) is 3. The summed E-state index contributed by atoms with van der Waals surface area (Å²) in [4.78, 5) is 160. The van der Waals surface area contributed by atoms with Crippen LogP contribution < -0.4 is 51.1 Å². The van der Waals surface area contributed by atoms with E-state index in [1.807, 2.05) is 0 Å². The number of H-pyrrole nitrogens is 3. The van der Waals surface area contributed by atoms with Gasteiger partial charge in [0.1, 0.15) is 90.5 Å². The summed E-state index contributed by atoms with van der Waals surface area (Å²) in [5.74, 6) is -0.269. The lowest BCUT2D eigenvalue weighted by Gasteiger charge is -2.27. The molecule has 72 heteroatoms. The average Bonchev–Trinajstić information content (AvgIpc) is 1.64. The van der Waals surface area contributed by atoms with Gasteiger partial charge in [-0.05, 0) is 59.0 Å². The van der Waals surface area contributed by atoms with Gasteiger partial charge in [-0.2, -0.15) is 15.0 Å². The lowest BCUT2D eigenvalue weighted by molar-refractivity contribution is -0.0597. The quantitative estimate of drug-likeness (QED) is 0.0797. The maximum Gasteiger partial charge on any atom is 0.386 e. The zero-order valence-electron chi connectivity index (χ0n) is 66.1. The van der Waals surface area contributed by atoms with Crippen molar-refractivity contribution in [2.75, 3.05) is 74.0 Å². The highest BCUT2D eigenvalue weighted by Crippen LogP contribution is 2.61. The minimum Gasteiger partial charge on any atom is -0.382 e. The van der Waals surface area contributed by atoms with E-state index >= 15 is 13.2 Å². The molecule has 9 aliphatic rings. The van der Waals surface area contributed by atoms with Gasteiger partial charge in [-0.25, -0.2) is 77.5 Å². The molecule has 57 nitrogen and oxygen atoms in total. The van der Waals surface area contributed by atoms with Crippen LogP contribution in [0.5, 0.6) is 0 Å². The van der Waals surface area contributed by atoms with Crippen LogP contribution >= 0.6 is 52.6 Å². The number of aromatic nitrogens is 24. The molecular weight excluding hydrogens is 2010 g/mol. The van der Waals surface area contributed by atoms with Crippen LogP contribution in [0, 0.1) is 0 Å². The van der Waals surface area contributed by atoms with Crippen LogP contribution in [0.15, 0.2) is 71.3 Å². The molecule has 0 amide bonds. The molecule has 0 aromatic carbocycles. The molecule has 27 atom stereocenters. The number of hydrogen-bond acceptors (Lipinski definition) is 48. The Balaban J connectivity index is 0.000000128. The Kier molecular flexibility index (Phi) is 25.4. The molecule has 12 aromatic heterocycles. The van der Waals surface area contributed by atoms with E-state index in [1.165, 1.54) is 84.3 Å². The number of imidazole rings is 6. The second-order valence-electron chi connectivity index (χ2n) is 30.0. The first-order valence-electron chi connectivity index (χ1n) is 38.4. The SMILES string of the molecule is Nc1nc2c(ncn2[C@@H]2O[C@@H]3COP(O)(=S)O[C@@H]4C(F)[C@H](n5cnc6c(N)ncnc65)O[C@@H]4COP(=O)(S)OC2C3)c(=O)[nH]1.Nc1nc2c(ncn2[C@@H]2O[C@@H]3COP(O)(=S)O[C@@H]4C(F)[C@H](n5cnc6c(N)ncnc65)O[C@@H]4COP(O)(=S)OC2C3)c(=O)[nH]1.Nc1nc2c(ncn2[C@@H]2O[C@@H]3COP(O)(=S)O[C@@H]4C(F)[C@H](n5cnc6c(N)ncnc65)O[C@@H]4COP(O)(=S)OC2C3)c(=O)[nH]1. The number of nitrogen functional groups attached to an aromatic ring is 6. The number of fused-ring (bicyclic) bond motifs is 15. The van der Waals surface area contributed by atoms with Crippen LogP contribution in [0.2, 0.25) is 0 Å². The minimum atomic E-state index is -4.21. The van der Waals surface area contributed by atoms with E-state index in [2.05, 4.69) is 102 Å². The van der Waals surface area contributed by atoms with E-state index < -0.39 is 206 Å².